The monoisotopic (exact) mass is 279 g/mol. The van der Waals surface area contributed by atoms with E-state index in [1.807, 2.05) is 12.1 Å². The summed E-state index contributed by atoms with van der Waals surface area (Å²) in [6.45, 7) is 2.19. The van der Waals surface area contributed by atoms with Gasteiger partial charge in [-0.15, -0.1) is 0 Å². The number of benzene rings is 2. The Balaban J connectivity index is 1.94. The van der Waals surface area contributed by atoms with Gasteiger partial charge in [0.15, 0.2) is 0 Å². The second-order valence-corrected chi connectivity index (χ2v) is 5.57. The molecule has 1 unspecified atom stereocenters. The number of nitrogens with one attached hydrogen (secondary N) is 1. The molecule has 3 rings (SSSR count). The average molecular weight is 279 g/mol. The molecule has 2 aromatic rings. The van der Waals surface area contributed by atoms with Crippen molar-refractivity contribution in [1.82, 2.24) is 5.32 Å². The minimum atomic E-state index is 0.288. The van der Waals surface area contributed by atoms with E-state index in [4.69, 9.17) is 12.2 Å². The van der Waals surface area contributed by atoms with E-state index >= 15 is 0 Å². The van der Waals surface area contributed by atoms with Gasteiger partial charge in [0.2, 0.25) is 0 Å². The van der Waals surface area contributed by atoms with Crippen LogP contribution >= 0.6 is 12.2 Å². The van der Waals surface area contributed by atoms with Crippen molar-refractivity contribution in [3.8, 4) is 0 Å². The molecule has 20 heavy (non-hydrogen) atoms. The molecule has 0 saturated carbocycles. The van der Waals surface area contributed by atoms with Gasteiger partial charge in [-0.2, -0.15) is 0 Å². The van der Waals surface area contributed by atoms with Crippen molar-refractivity contribution in [3.63, 3.8) is 0 Å². The zero-order chi connectivity index (χ0) is 13.9. The third-order valence-corrected chi connectivity index (χ3v) is 4.06. The van der Waals surface area contributed by atoms with Crippen LogP contribution in [0.5, 0.6) is 0 Å². The zero-order valence-electron chi connectivity index (χ0n) is 11.5. The Morgan fingerprint density at radius 1 is 0.950 bits per heavy atom. The molecule has 0 saturated heterocycles. The van der Waals surface area contributed by atoms with Crippen molar-refractivity contribution in [2.45, 2.75) is 19.4 Å². The van der Waals surface area contributed by atoms with Crippen LogP contribution in [0, 0.1) is 0 Å². The van der Waals surface area contributed by atoms with Gasteiger partial charge in [-0.1, -0.05) is 78.5 Å². The van der Waals surface area contributed by atoms with Crippen LogP contribution in [0.25, 0.3) is 5.57 Å². The lowest BCUT2D eigenvalue weighted by Crippen LogP contribution is -2.32. The summed E-state index contributed by atoms with van der Waals surface area (Å²) in [5.41, 5.74) is 5.04. The Labute approximate surface area is 125 Å². The first-order valence-corrected chi connectivity index (χ1v) is 7.27. The molecule has 2 heteroatoms. The van der Waals surface area contributed by atoms with E-state index in [0.29, 0.717) is 0 Å². The summed E-state index contributed by atoms with van der Waals surface area (Å²) in [4.78, 5) is 0.855. The van der Waals surface area contributed by atoms with Gasteiger partial charge in [0.05, 0.1) is 6.04 Å². The summed E-state index contributed by atoms with van der Waals surface area (Å²) in [5, 5.41) is 3.49. The van der Waals surface area contributed by atoms with Crippen LogP contribution < -0.4 is 5.32 Å². The van der Waals surface area contributed by atoms with Gasteiger partial charge in [-0.05, 0) is 24.5 Å². The molecule has 0 bridgehead atoms. The highest BCUT2D eigenvalue weighted by atomic mass is 32.1. The normalized spacial score (nSPS) is 18.9. The van der Waals surface area contributed by atoms with Crippen molar-refractivity contribution < 1.29 is 0 Å². The van der Waals surface area contributed by atoms with Crippen LogP contribution in [0.2, 0.25) is 0 Å². The van der Waals surface area contributed by atoms with E-state index in [1.165, 1.54) is 22.3 Å². The first-order chi connectivity index (χ1) is 9.75. The van der Waals surface area contributed by atoms with Crippen LogP contribution in [0.15, 0.2) is 66.2 Å². The SMILES string of the molecule is CC1=C(c2ccccc2)C(=S)NC(c2ccccc2)C1. The highest BCUT2D eigenvalue weighted by Crippen LogP contribution is 2.32. The number of hydrogen-bond acceptors (Lipinski definition) is 1. The molecule has 0 radical (unpaired) electrons. The summed E-state index contributed by atoms with van der Waals surface area (Å²) in [6, 6.07) is 21.2. The van der Waals surface area contributed by atoms with Gasteiger partial charge in [-0.25, -0.2) is 0 Å². The summed E-state index contributed by atoms with van der Waals surface area (Å²) >= 11 is 5.59. The van der Waals surface area contributed by atoms with E-state index in [2.05, 4.69) is 60.8 Å². The van der Waals surface area contributed by atoms with E-state index in [-0.39, 0.29) is 6.04 Å². The molecule has 0 aliphatic carbocycles. The summed E-state index contributed by atoms with van der Waals surface area (Å²) < 4.78 is 0. The highest BCUT2D eigenvalue weighted by molar-refractivity contribution is 7.81. The quantitative estimate of drug-likeness (QED) is 0.811. The summed E-state index contributed by atoms with van der Waals surface area (Å²) in [7, 11) is 0. The summed E-state index contributed by atoms with van der Waals surface area (Å²) in [5.74, 6) is 0. The Morgan fingerprint density at radius 3 is 2.15 bits per heavy atom. The average Bonchev–Trinajstić information content (AvgIpc) is 2.48. The van der Waals surface area contributed by atoms with Crippen LogP contribution in [0.1, 0.15) is 30.5 Å². The lowest BCUT2D eigenvalue weighted by atomic mass is 9.89. The molecule has 1 aliphatic heterocycles. The first-order valence-electron chi connectivity index (χ1n) is 6.86. The van der Waals surface area contributed by atoms with Crippen molar-refractivity contribution in [2.24, 2.45) is 0 Å². The van der Waals surface area contributed by atoms with Crippen molar-refractivity contribution in [3.05, 3.63) is 77.4 Å². The maximum Gasteiger partial charge on any atom is 0.107 e. The largest absolute Gasteiger partial charge is 0.369 e. The Kier molecular flexibility index (Phi) is 3.66. The third-order valence-electron chi connectivity index (χ3n) is 3.73. The van der Waals surface area contributed by atoms with E-state index in [1.54, 1.807) is 0 Å². The minimum Gasteiger partial charge on any atom is -0.369 e. The predicted molar refractivity (Wildman–Crippen MR) is 88.6 cm³/mol. The molecular formula is C18H17NS. The molecule has 0 spiro atoms. The van der Waals surface area contributed by atoms with Gasteiger partial charge in [0.1, 0.15) is 4.99 Å². The zero-order valence-corrected chi connectivity index (χ0v) is 12.3. The molecule has 0 amide bonds. The Morgan fingerprint density at radius 2 is 1.55 bits per heavy atom. The highest BCUT2D eigenvalue weighted by Gasteiger charge is 2.23. The van der Waals surface area contributed by atoms with E-state index in [0.717, 1.165) is 11.4 Å². The number of rotatable bonds is 2. The molecule has 2 aromatic carbocycles. The van der Waals surface area contributed by atoms with Crippen molar-refractivity contribution in [1.29, 1.82) is 0 Å². The Hall–Kier alpha value is -1.93. The van der Waals surface area contributed by atoms with E-state index in [9.17, 15) is 0 Å². The third kappa shape index (κ3) is 2.52. The smallest absolute Gasteiger partial charge is 0.107 e. The summed E-state index contributed by atoms with van der Waals surface area (Å²) in [6.07, 6.45) is 0.994. The molecule has 1 nitrogen and oxygen atoms in total. The fraction of sp³-hybridized carbons (Fsp3) is 0.167. The first kappa shape index (κ1) is 13.1. The second-order valence-electron chi connectivity index (χ2n) is 5.16. The number of thiocarbonyl (C=S) groups is 1. The van der Waals surface area contributed by atoms with Crippen molar-refractivity contribution >= 4 is 22.8 Å². The van der Waals surface area contributed by atoms with E-state index < -0.39 is 0 Å². The topological polar surface area (TPSA) is 12.0 Å². The van der Waals surface area contributed by atoms with Crippen molar-refractivity contribution in [2.75, 3.05) is 0 Å². The standard InChI is InChI=1S/C18H17NS/c1-13-12-16(14-8-4-2-5-9-14)19-18(20)17(13)15-10-6-3-7-11-15/h2-11,16H,12H2,1H3,(H,19,20). The maximum atomic E-state index is 5.59. The minimum absolute atomic E-state index is 0.288. The number of hydrogen-bond donors (Lipinski definition) is 1. The van der Waals surface area contributed by atoms with Gasteiger partial charge < -0.3 is 5.32 Å². The van der Waals surface area contributed by atoms with Gasteiger partial charge in [0, 0.05) is 5.57 Å². The molecule has 1 aliphatic rings. The lowest BCUT2D eigenvalue weighted by Gasteiger charge is -2.29. The van der Waals surface area contributed by atoms with Crippen LogP contribution in [-0.2, 0) is 0 Å². The van der Waals surface area contributed by atoms with Gasteiger partial charge in [-0.3, -0.25) is 0 Å². The molecule has 1 N–H and O–H groups in total. The maximum absolute atomic E-state index is 5.59. The second kappa shape index (κ2) is 5.59. The lowest BCUT2D eigenvalue weighted by molar-refractivity contribution is 0.636. The fourth-order valence-corrected chi connectivity index (χ4v) is 3.19. The molecule has 100 valence electrons. The van der Waals surface area contributed by atoms with Crippen LogP contribution in [0.3, 0.4) is 0 Å². The fourth-order valence-electron chi connectivity index (χ4n) is 2.75. The van der Waals surface area contributed by atoms with Crippen LogP contribution in [-0.4, -0.2) is 4.99 Å². The molecule has 1 heterocycles. The molecule has 0 fully saturated rings. The molecule has 1 atom stereocenters. The Bertz CT molecular complexity index is 644. The van der Waals surface area contributed by atoms with Crippen LogP contribution in [0.4, 0.5) is 0 Å². The predicted octanol–water partition coefficient (Wildman–Crippen LogP) is 4.52. The van der Waals surface area contributed by atoms with Gasteiger partial charge in [0.25, 0.3) is 0 Å². The van der Waals surface area contributed by atoms with Gasteiger partial charge >= 0.3 is 0 Å². The molecular weight excluding hydrogens is 262 g/mol. The molecule has 0 aromatic heterocycles.